The molecule has 1 amide bonds. The van der Waals surface area contributed by atoms with Gasteiger partial charge >= 0.3 is 11.8 Å². The molecule has 3 N–H and O–H groups in total. The van der Waals surface area contributed by atoms with Gasteiger partial charge in [0.25, 0.3) is 0 Å². The molecule has 1 aliphatic carbocycles. The van der Waals surface area contributed by atoms with Crippen LogP contribution in [0.5, 0.6) is 0 Å². The Morgan fingerprint density at radius 3 is 2.38 bits per heavy atom. The first-order chi connectivity index (χ1) is 16.0. The van der Waals surface area contributed by atoms with Gasteiger partial charge in [-0.25, -0.2) is 9.59 Å². The molecular weight excluding hydrogens is 430 g/mol. The lowest BCUT2D eigenvalue weighted by molar-refractivity contribution is 0.0521. The maximum absolute atomic E-state index is 12.1. The second kappa shape index (κ2) is 9.41. The number of anilines is 1. The van der Waals surface area contributed by atoms with Crippen molar-refractivity contribution in [2.45, 2.75) is 52.7 Å². The zero-order valence-electron chi connectivity index (χ0n) is 20.8. The zero-order chi connectivity index (χ0) is 24.6. The van der Waals surface area contributed by atoms with Crippen LogP contribution in [0.1, 0.15) is 40.2 Å². The van der Waals surface area contributed by atoms with E-state index in [9.17, 15) is 9.59 Å². The van der Waals surface area contributed by atoms with E-state index in [1.165, 1.54) is 10.1 Å². The molecule has 184 valence electrons. The second-order valence-corrected chi connectivity index (χ2v) is 11.0. The summed E-state index contributed by atoms with van der Waals surface area (Å²) in [6, 6.07) is 10.2. The molecule has 0 radical (unpaired) electrons. The van der Waals surface area contributed by atoms with Crippen LogP contribution in [0.3, 0.4) is 0 Å². The maximum atomic E-state index is 12.1. The zero-order valence-corrected chi connectivity index (χ0v) is 20.8. The summed E-state index contributed by atoms with van der Waals surface area (Å²) in [6.45, 7) is 13.1. The first-order valence-corrected chi connectivity index (χ1v) is 12.2. The fourth-order valence-corrected chi connectivity index (χ4v) is 5.20. The highest BCUT2D eigenvalue weighted by Gasteiger charge is 2.56. The molecule has 1 saturated carbocycles. The number of ether oxygens (including phenoxy) is 1. The third-order valence-electron chi connectivity index (χ3n) is 7.00. The lowest BCUT2D eigenvalue weighted by atomic mass is 9.94. The van der Waals surface area contributed by atoms with Crippen LogP contribution in [0.4, 0.5) is 10.6 Å². The van der Waals surface area contributed by atoms with E-state index in [4.69, 9.17) is 10.5 Å². The number of piperidine rings is 1. The van der Waals surface area contributed by atoms with Gasteiger partial charge in [0.2, 0.25) is 0 Å². The molecule has 3 atom stereocenters. The number of carbonyl (C=O) groups is 1. The van der Waals surface area contributed by atoms with Crippen molar-refractivity contribution in [3.05, 3.63) is 52.6 Å². The number of aromatic nitrogens is 2. The number of fused-ring (bicyclic) bond motifs is 1. The Morgan fingerprint density at radius 1 is 1.18 bits per heavy atom. The number of hydrogen-bond donors (Lipinski definition) is 2. The number of benzene rings is 1. The number of nitrogens with zero attached hydrogens (tertiary/aromatic N) is 3. The highest BCUT2D eigenvalue weighted by Crippen LogP contribution is 2.52. The molecule has 2 aromatic rings. The van der Waals surface area contributed by atoms with Crippen LogP contribution >= 0.6 is 0 Å². The van der Waals surface area contributed by atoms with Gasteiger partial charge in [-0.05, 0) is 74.6 Å². The Bertz CT molecular complexity index is 1060. The monoisotopic (exact) mass is 467 g/mol. The van der Waals surface area contributed by atoms with E-state index in [-0.39, 0.29) is 17.6 Å². The van der Waals surface area contributed by atoms with Crippen molar-refractivity contribution in [1.82, 2.24) is 19.8 Å². The number of nitrogens with one attached hydrogen (secondary N) is 1. The predicted octanol–water partition coefficient (Wildman–Crippen LogP) is 3.08. The number of rotatable bonds is 7. The molecule has 1 aliphatic heterocycles. The minimum Gasteiger partial charge on any atom is -0.444 e. The van der Waals surface area contributed by atoms with Crippen LogP contribution in [0.15, 0.2) is 41.3 Å². The summed E-state index contributed by atoms with van der Waals surface area (Å²) in [4.78, 5) is 30.5. The summed E-state index contributed by atoms with van der Waals surface area (Å²) in [5.74, 6) is 2.62. The van der Waals surface area contributed by atoms with Crippen LogP contribution in [-0.2, 0) is 11.2 Å². The third kappa shape index (κ3) is 5.60. The van der Waals surface area contributed by atoms with Gasteiger partial charge in [-0.3, -0.25) is 9.47 Å². The SMILES string of the molecule is CC(C)C(Cc1ccc(-n2ccc(N)nc2=O)cc1)N1CC2C(CNC(=O)OC(C)(C)C)C2C1. The largest absolute Gasteiger partial charge is 0.444 e. The third-order valence-corrected chi connectivity index (χ3v) is 7.00. The van der Waals surface area contributed by atoms with Gasteiger partial charge in [0, 0.05) is 31.9 Å². The average Bonchev–Trinajstić information content (AvgIpc) is 3.19. The summed E-state index contributed by atoms with van der Waals surface area (Å²) in [7, 11) is 0. The Morgan fingerprint density at radius 2 is 1.82 bits per heavy atom. The molecule has 2 aliphatic rings. The molecule has 2 heterocycles. The highest BCUT2D eigenvalue weighted by molar-refractivity contribution is 5.67. The molecule has 8 heteroatoms. The van der Waals surface area contributed by atoms with Crippen molar-refractivity contribution in [3.8, 4) is 5.69 Å². The van der Waals surface area contributed by atoms with E-state index in [0.717, 1.165) is 25.2 Å². The van der Waals surface area contributed by atoms with Crippen molar-refractivity contribution in [2.75, 3.05) is 25.4 Å². The van der Waals surface area contributed by atoms with Gasteiger partial charge in [0.15, 0.2) is 0 Å². The van der Waals surface area contributed by atoms with E-state index < -0.39 is 5.60 Å². The normalized spacial score (nSPS) is 22.9. The Hall–Kier alpha value is -2.87. The summed E-state index contributed by atoms with van der Waals surface area (Å²) < 4.78 is 6.85. The minimum atomic E-state index is -0.467. The number of alkyl carbamates (subject to hydrolysis) is 1. The van der Waals surface area contributed by atoms with Crippen molar-refractivity contribution in [2.24, 2.45) is 23.7 Å². The van der Waals surface area contributed by atoms with Crippen molar-refractivity contribution in [1.29, 1.82) is 0 Å². The van der Waals surface area contributed by atoms with Gasteiger partial charge in [-0.1, -0.05) is 26.0 Å². The van der Waals surface area contributed by atoms with Crippen LogP contribution in [-0.4, -0.2) is 51.8 Å². The lowest BCUT2D eigenvalue weighted by Crippen LogP contribution is -2.41. The highest BCUT2D eigenvalue weighted by atomic mass is 16.6. The molecule has 8 nitrogen and oxygen atoms in total. The number of nitrogens with two attached hydrogens (primary N) is 1. The molecule has 1 aromatic carbocycles. The van der Waals surface area contributed by atoms with Crippen LogP contribution < -0.4 is 16.7 Å². The summed E-state index contributed by atoms with van der Waals surface area (Å²) in [5.41, 5.74) is 6.79. The maximum Gasteiger partial charge on any atom is 0.407 e. The van der Waals surface area contributed by atoms with Gasteiger partial charge < -0.3 is 15.8 Å². The van der Waals surface area contributed by atoms with E-state index in [0.29, 0.717) is 36.3 Å². The van der Waals surface area contributed by atoms with Gasteiger partial charge in [-0.2, -0.15) is 4.98 Å². The number of carbonyl (C=O) groups excluding carboxylic acids is 1. The fraction of sp³-hybridized carbons (Fsp3) is 0.577. The van der Waals surface area contributed by atoms with Gasteiger partial charge in [0.1, 0.15) is 11.4 Å². The van der Waals surface area contributed by atoms with Crippen LogP contribution in [0.25, 0.3) is 5.69 Å². The smallest absolute Gasteiger partial charge is 0.407 e. The average molecular weight is 468 g/mol. The van der Waals surface area contributed by atoms with Gasteiger partial charge in [0.05, 0.1) is 5.69 Å². The molecule has 1 aromatic heterocycles. The minimum absolute atomic E-state index is 0.226. The standard InChI is InChI=1S/C26H37N5O3/c1-16(2)22(12-17-6-8-18(9-7-17)31-11-10-23(27)29-24(31)32)30-14-20-19(21(20)15-30)13-28-25(33)34-26(3,4)5/h6-11,16,19-22H,12-15H2,1-5H3,(H,28,33)(H2,27,29,32). The first-order valence-electron chi connectivity index (χ1n) is 12.2. The number of amides is 1. The molecule has 34 heavy (non-hydrogen) atoms. The van der Waals surface area contributed by atoms with Gasteiger partial charge in [-0.15, -0.1) is 0 Å². The molecule has 0 spiro atoms. The van der Waals surface area contributed by atoms with Crippen LogP contribution in [0, 0.1) is 23.7 Å². The Kier molecular flexibility index (Phi) is 6.71. The molecule has 2 fully saturated rings. The summed E-state index contributed by atoms with van der Waals surface area (Å²) in [5, 5.41) is 2.95. The van der Waals surface area contributed by atoms with E-state index in [2.05, 4.69) is 41.2 Å². The molecule has 3 unspecified atom stereocenters. The quantitative estimate of drug-likeness (QED) is 0.649. The van der Waals surface area contributed by atoms with Crippen LogP contribution in [0.2, 0.25) is 0 Å². The molecule has 1 saturated heterocycles. The number of hydrogen-bond acceptors (Lipinski definition) is 6. The van der Waals surface area contributed by atoms with E-state index in [1.54, 1.807) is 12.3 Å². The van der Waals surface area contributed by atoms with E-state index in [1.807, 2.05) is 32.9 Å². The first kappa shape index (κ1) is 24.3. The summed E-state index contributed by atoms with van der Waals surface area (Å²) >= 11 is 0. The number of likely N-dealkylation sites (tertiary alicyclic amines) is 1. The summed E-state index contributed by atoms with van der Waals surface area (Å²) in [6.07, 6.45) is 2.30. The Labute approximate surface area is 201 Å². The number of nitrogen functional groups attached to an aromatic ring is 1. The fourth-order valence-electron chi connectivity index (χ4n) is 5.20. The topological polar surface area (TPSA) is 102 Å². The lowest BCUT2D eigenvalue weighted by Gasteiger charge is -2.33. The van der Waals surface area contributed by atoms with E-state index >= 15 is 0 Å². The molecular formula is C26H37N5O3. The molecule has 4 rings (SSSR count). The van der Waals surface area contributed by atoms with Crippen molar-refractivity contribution in [3.63, 3.8) is 0 Å². The Balaban J connectivity index is 1.31. The van der Waals surface area contributed by atoms with Crippen molar-refractivity contribution < 1.29 is 9.53 Å². The second-order valence-electron chi connectivity index (χ2n) is 11.0. The van der Waals surface area contributed by atoms with Crippen molar-refractivity contribution >= 4 is 11.9 Å². The molecule has 0 bridgehead atoms. The predicted molar refractivity (Wildman–Crippen MR) is 133 cm³/mol.